The second-order valence-corrected chi connectivity index (χ2v) is 9.66. The molecule has 2 aromatic rings. The summed E-state index contributed by atoms with van der Waals surface area (Å²) >= 11 is 0. The quantitative estimate of drug-likeness (QED) is 0.448. The molecule has 0 spiro atoms. The molecule has 34 heavy (non-hydrogen) atoms. The number of rotatable bonds is 9. The van der Waals surface area contributed by atoms with Gasteiger partial charge in [-0.3, -0.25) is 9.59 Å². The van der Waals surface area contributed by atoms with E-state index in [1.165, 1.54) is 0 Å². The van der Waals surface area contributed by atoms with Crippen molar-refractivity contribution >= 4 is 18.0 Å². The zero-order chi connectivity index (χ0) is 25.1. The van der Waals surface area contributed by atoms with Crippen LogP contribution in [0.25, 0.3) is 11.1 Å². The molecule has 0 heterocycles. The van der Waals surface area contributed by atoms with Gasteiger partial charge in [-0.05, 0) is 49.9 Å². The van der Waals surface area contributed by atoms with Crippen LogP contribution in [-0.4, -0.2) is 53.0 Å². The molecule has 1 atom stereocenters. The summed E-state index contributed by atoms with van der Waals surface area (Å²) in [5.41, 5.74) is 2.40. The number of aliphatic hydroxyl groups excluding tert-OH is 1. The number of hydrogen-bond donors (Lipinski definition) is 4. The number of alkyl carbamates (subject to hydrolysis) is 1. The summed E-state index contributed by atoms with van der Waals surface area (Å²) in [6, 6.07) is 16.1. The van der Waals surface area contributed by atoms with Gasteiger partial charge in [-0.1, -0.05) is 48.5 Å². The third-order valence-electron chi connectivity index (χ3n) is 6.80. The fraction of sp³-hybridized carbons (Fsp3) is 0.423. The van der Waals surface area contributed by atoms with E-state index in [4.69, 9.17) is 9.84 Å². The van der Waals surface area contributed by atoms with Crippen LogP contribution in [0.3, 0.4) is 0 Å². The van der Waals surface area contributed by atoms with E-state index in [9.17, 15) is 19.5 Å². The zero-order valence-corrected chi connectivity index (χ0v) is 19.9. The highest BCUT2D eigenvalue weighted by molar-refractivity contribution is 5.84. The minimum atomic E-state index is -1.20. The van der Waals surface area contributed by atoms with Gasteiger partial charge in [-0.2, -0.15) is 0 Å². The van der Waals surface area contributed by atoms with Crippen LogP contribution in [0.2, 0.25) is 0 Å². The second kappa shape index (κ2) is 9.85. The number of carboxylic acids is 1. The predicted molar refractivity (Wildman–Crippen MR) is 127 cm³/mol. The lowest BCUT2D eigenvalue weighted by Crippen LogP contribution is -2.60. The maximum atomic E-state index is 12.8. The Morgan fingerprint density at radius 2 is 1.50 bits per heavy atom. The number of hydrogen-bond acceptors (Lipinski definition) is 5. The van der Waals surface area contributed by atoms with E-state index >= 15 is 0 Å². The zero-order valence-electron chi connectivity index (χ0n) is 19.9. The molecule has 8 heteroatoms. The average Bonchev–Trinajstić information content (AvgIpc) is 3.09. The maximum Gasteiger partial charge on any atom is 0.407 e. The third-order valence-corrected chi connectivity index (χ3v) is 6.80. The molecule has 0 aromatic heterocycles. The number of aliphatic hydroxyl groups is 1. The molecule has 8 nitrogen and oxygen atoms in total. The molecule has 0 saturated carbocycles. The second-order valence-electron chi connectivity index (χ2n) is 9.66. The number of carbonyl (C=O) groups is 3. The molecule has 1 aliphatic rings. The standard InChI is InChI=1S/C26H32N2O6/c1-25(2,23(32)27-14-16(29)13-22(30)31)26(3,4)28-24(33)34-15-21-19-11-7-5-9-17(19)18-10-6-8-12-20(18)21/h5-12,16,21,29H,13-15H2,1-4H3,(H,27,32)(H,28,33)(H,30,31). The largest absolute Gasteiger partial charge is 0.481 e. The number of carbonyl (C=O) groups excluding carboxylic acids is 2. The van der Waals surface area contributed by atoms with Crippen molar-refractivity contribution in [2.75, 3.05) is 13.2 Å². The smallest absolute Gasteiger partial charge is 0.407 e. The van der Waals surface area contributed by atoms with Gasteiger partial charge >= 0.3 is 12.1 Å². The van der Waals surface area contributed by atoms with Gasteiger partial charge in [0.1, 0.15) is 6.61 Å². The number of amides is 2. The normalized spacial score (nSPS) is 14.0. The molecule has 0 bridgehead atoms. The summed E-state index contributed by atoms with van der Waals surface area (Å²) in [5.74, 6) is -1.66. The van der Waals surface area contributed by atoms with Gasteiger partial charge in [-0.25, -0.2) is 4.79 Å². The number of fused-ring (bicyclic) bond motifs is 3. The van der Waals surface area contributed by atoms with Crippen LogP contribution < -0.4 is 10.6 Å². The Kier molecular flexibility index (Phi) is 7.31. The molecule has 0 fully saturated rings. The highest BCUT2D eigenvalue weighted by Crippen LogP contribution is 2.44. The number of benzene rings is 2. The van der Waals surface area contributed by atoms with Gasteiger partial charge in [-0.15, -0.1) is 0 Å². The maximum absolute atomic E-state index is 12.8. The van der Waals surface area contributed by atoms with Crippen LogP contribution >= 0.6 is 0 Å². The lowest BCUT2D eigenvalue weighted by molar-refractivity contribution is -0.140. The molecule has 0 aliphatic heterocycles. The van der Waals surface area contributed by atoms with Crippen molar-refractivity contribution in [1.82, 2.24) is 10.6 Å². The lowest BCUT2D eigenvalue weighted by atomic mass is 9.73. The van der Waals surface area contributed by atoms with Crippen molar-refractivity contribution in [3.05, 3.63) is 59.7 Å². The van der Waals surface area contributed by atoms with Crippen molar-refractivity contribution in [3.8, 4) is 11.1 Å². The highest BCUT2D eigenvalue weighted by atomic mass is 16.5. The van der Waals surface area contributed by atoms with Gasteiger partial charge in [0.25, 0.3) is 0 Å². The molecule has 0 saturated heterocycles. The SMILES string of the molecule is CC(C)(NC(=O)OCC1c2ccccc2-c2ccccc21)C(C)(C)C(=O)NCC(O)CC(=O)O. The molecule has 3 rings (SSSR count). The van der Waals surface area contributed by atoms with Crippen LogP contribution in [0.15, 0.2) is 48.5 Å². The Morgan fingerprint density at radius 3 is 2.03 bits per heavy atom. The lowest BCUT2D eigenvalue weighted by Gasteiger charge is -2.40. The molecule has 0 radical (unpaired) electrons. The Balaban J connectivity index is 1.61. The van der Waals surface area contributed by atoms with Gasteiger partial charge in [0.15, 0.2) is 0 Å². The van der Waals surface area contributed by atoms with Crippen molar-refractivity contribution in [2.24, 2.45) is 5.41 Å². The van der Waals surface area contributed by atoms with Crippen molar-refractivity contribution in [2.45, 2.75) is 51.7 Å². The van der Waals surface area contributed by atoms with Crippen molar-refractivity contribution in [3.63, 3.8) is 0 Å². The number of carboxylic acid groups (broad SMARTS) is 1. The van der Waals surface area contributed by atoms with Crippen LogP contribution in [0.4, 0.5) is 4.79 Å². The summed E-state index contributed by atoms with van der Waals surface area (Å²) in [7, 11) is 0. The fourth-order valence-corrected chi connectivity index (χ4v) is 4.03. The first-order valence-corrected chi connectivity index (χ1v) is 11.3. The van der Waals surface area contributed by atoms with E-state index in [-0.39, 0.29) is 19.1 Å². The Morgan fingerprint density at radius 1 is 0.971 bits per heavy atom. The van der Waals surface area contributed by atoms with Crippen LogP contribution in [0, 0.1) is 5.41 Å². The number of nitrogens with one attached hydrogen (secondary N) is 2. The van der Waals surface area contributed by atoms with E-state index in [0.717, 1.165) is 22.3 Å². The third kappa shape index (κ3) is 5.22. The predicted octanol–water partition coefficient (Wildman–Crippen LogP) is 3.28. The summed E-state index contributed by atoms with van der Waals surface area (Å²) in [6.07, 6.45) is -2.31. The van der Waals surface area contributed by atoms with E-state index in [2.05, 4.69) is 22.8 Å². The van der Waals surface area contributed by atoms with Gasteiger partial charge < -0.3 is 25.6 Å². The van der Waals surface area contributed by atoms with Gasteiger partial charge in [0.2, 0.25) is 5.91 Å². The monoisotopic (exact) mass is 468 g/mol. The van der Waals surface area contributed by atoms with Crippen molar-refractivity contribution in [1.29, 1.82) is 0 Å². The van der Waals surface area contributed by atoms with E-state index in [0.29, 0.717) is 0 Å². The number of aliphatic carboxylic acids is 1. The van der Waals surface area contributed by atoms with E-state index in [1.54, 1.807) is 27.7 Å². The van der Waals surface area contributed by atoms with Gasteiger partial charge in [0.05, 0.1) is 23.5 Å². The molecule has 4 N–H and O–H groups in total. The summed E-state index contributed by atoms with van der Waals surface area (Å²) in [4.78, 5) is 36.2. The summed E-state index contributed by atoms with van der Waals surface area (Å²) < 4.78 is 5.61. The molecule has 182 valence electrons. The molecular weight excluding hydrogens is 436 g/mol. The Hall–Kier alpha value is -3.39. The van der Waals surface area contributed by atoms with E-state index < -0.39 is 41.4 Å². The topological polar surface area (TPSA) is 125 Å². The first-order chi connectivity index (χ1) is 15.9. The molecule has 1 aliphatic carbocycles. The molecular formula is C26H32N2O6. The fourth-order valence-electron chi connectivity index (χ4n) is 4.03. The minimum absolute atomic E-state index is 0.0757. The molecule has 2 amide bonds. The summed E-state index contributed by atoms with van der Waals surface area (Å²) in [6.45, 7) is 6.70. The Labute approximate surface area is 199 Å². The average molecular weight is 469 g/mol. The highest BCUT2D eigenvalue weighted by Gasteiger charge is 2.44. The molecule has 1 unspecified atom stereocenters. The minimum Gasteiger partial charge on any atom is -0.481 e. The van der Waals surface area contributed by atoms with Crippen LogP contribution in [0.5, 0.6) is 0 Å². The van der Waals surface area contributed by atoms with E-state index in [1.807, 2.05) is 36.4 Å². The van der Waals surface area contributed by atoms with Crippen molar-refractivity contribution < 1.29 is 29.3 Å². The van der Waals surface area contributed by atoms with Crippen LogP contribution in [-0.2, 0) is 14.3 Å². The summed E-state index contributed by atoms with van der Waals surface area (Å²) in [5, 5.41) is 23.8. The first-order valence-electron chi connectivity index (χ1n) is 11.3. The first kappa shape index (κ1) is 25.2. The number of ether oxygens (including phenoxy) is 1. The van der Waals surface area contributed by atoms with Crippen LogP contribution in [0.1, 0.15) is 51.2 Å². The van der Waals surface area contributed by atoms with Gasteiger partial charge in [0, 0.05) is 12.5 Å². The Bertz CT molecular complexity index is 1030. The molecule has 2 aromatic carbocycles.